The Labute approximate surface area is 201 Å². The number of nitrogens with zero attached hydrogens (tertiary/aromatic N) is 3. The van der Waals surface area contributed by atoms with E-state index in [2.05, 4.69) is 133 Å². The number of rotatable bonds is 6. The fraction of sp³-hybridized carbons (Fsp3) is 0.138. The monoisotopic (exact) mass is 494 g/mol. The van der Waals surface area contributed by atoms with Crippen molar-refractivity contribution < 1.29 is 4.57 Å². The lowest BCUT2D eigenvalue weighted by molar-refractivity contribution is -0.663. The molecule has 2 heterocycles. The van der Waals surface area contributed by atoms with Crippen LogP contribution in [0.15, 0.2) is 108 Å². The minimum absolute atomic E-state index is 0.849. The van der Waals surface area contributed by atoms with E-state index in [4.69, 9.17) is 0 Å². The Bertz CT molecular complexity index is 1540. The van der Waals surface area contributed by atoms with Gasteiger partial charge in [-0.05, 0) is 30.3 Å². The molecule has 2 aromatic heterocycles. The van der Waals surface area contributed by atoms with Gasteiger partial charge in [-0.1, -0.05) is 82.7 Å². The third-order valence-electron chi connectivity index (χ3n) is 6.54. The molecule has 4 heteroatoms. The number of benzene rings is 4. The van der Waals surface area contributed by atoms with E-state index in [-0.39, 0.29) is 0 Å². The van der Waals surface area contributed by atoms with E-state index in [0.29, 0.717) is 0 Å². The smallest absolute Gasteiger partial charge is 0.245 e. The summed E-state index contributed by atoms with van der Waals surface area (Å²) in [6, 6.07) is 34.7. The standard InChI is InChI=1S/C29H25BrN3/c30-25-13-4-1-10-22(25)20-32-21-31(28-16-7-8-17-29(28)32)18-9-19-33-26-14-5-2-11-23(26)24-12-3-6-15-27(24)33/h1-8,10-17,21H,9,18-20H2/q+1. The van der Waals surface area contributed by atoms with Crippen LogP contribution in [0.3, 0.4) is 0 Å². The van der Waals surface area contributed by atoms with Crippen molar-refractivity contribution in [1.29, 1.82) is 0 Å². The van der Waals surface area contributed by atoms with Gasteiger partial charge in [0.1, 0.15) is 6.54 Å². The second-order valence-electron chi connectivity index (χ2n) is 8.56. The van der Waals surface area contributed by atoms with Crippen LogP contribution < -0.4 is 4.57 Å². The number of para-hydroxylation sites is 4. The molecule has 0 saturated carbocycles. The molecule has 3 nitrogen and oxygen atoms in total. The van der Waals surface area contributed by atoms with Crippen LogP contribution in [0.2, 0.25) is 0 Å². The Kier molecular flexibility index (Phi) is 5.23. The molecular formula is C29H25BrN3+. The summed E-state index contributed by atoms with van der Waals surface area (Å²) in [7, 11) is 0. The van der Waals surface area contributed by atoms with Crippen LogP contribution in [-0.4, -0.2) is 9.13 Å². The summed E-state index contributed by atoms with van der Waals surface area (Å²) in [4.78, 5) is 0. The highest BCUT2D eigenvalue weighted by Gasteiger charge is 2.17. The maximum absolute atomic E-state index is 3.71. The molecule has 162 valence electrons. The van der Waals surface area contributed by atoms with Crippen molar-refractivity contribution in [3.63, 3.8) is 0 Å². The molecule has 0 radical (unpaired) electrons. The molecule has 0 fully saturated rings. The lowest BCUT2D eigenvalue weighted by Gasteiger charge is -2.06. The zero-order chi connectivity index (χ0) is 22.2. The number of aryl methyl sites for hydroxylation is 2. The lowest BCUT2D eigenvalue weighted by Crippen LogP contribution is -2.33. The normalized spacial score (nSPS) is 11.7. The quantitative estimate of drug-likeness (QED) is 0.222. The zero-order valence-electron chi connectivity index (χ0n) is 18.4. The molecule has 0 amide bonds. The molecule has 0 N–H and O–H groups in total. The van der Waals surface area contributed by atoms with Gasteiger partial charge < -0.3 is 4.57 Å². The van der Waals surface area contributed by atoms with Crippen LogP contribution in [0.25, 0.3) is 32.8 Å². The number of hydrogen-bond donors (Lipinski definition) is 0. The first-order valence-corrected chi connectivity index (χ1v) is 12.3. The Balaban J connectivity index is 1.30. The highest BCUT2D eigenvalue weighted by Crippen LogP contribution is 2.29. The van der Waals surface area contributed by atoms with Crippen LogP contribution in [0, 0.1) is 0 Å². The molecule has 0 aliphatic rings. The molecule has 0 aliphatic carbocycles. The highest BCUT2D eigenvalue weighted by molar-refractivity contribution is 9.10. The molecule has 4 aromatic carbocycles. The molecule has 0 saturated heterocycles. The highest BCUT2D eigenvalue weighted by atomic mass is 79.9. The Morgan fingerprint density at radius 1 is 0.636 bits per heavy atom. The van der Waals surface area contributed by atoms with Crippen LogP contribution >= 0.6 is 15.9 Å². The minimum atomic E-state index is 0.849. The number of fused-ring (bicyclic) bond motifs is 4. The first-order chi connectivity index (χ1) is 16.3. The summed E-state index contributed by atoms with van der Waals surface area (Å²) in [5.41, 5.74) is 6.48. The topological polar surface area (TPSA) is 13.7 Å². The van der Waals surface area contributed by atoms with Gasteiger partial charge in [0, 0.05) is 44.8 Å². The van der Waals surface area contributed by atoms with Crippen molar-refractivity contribution in [2.24, 2.45) is 0 Å². The van der Waals surface area contributed by atoms with Gasteiger partial charge in [-0.3, -0.25) is 0 Å². The van der Waals surface area contributed by atoms with Gasteiger partial charge in [0.25, 0.3) is 0 Å². The van der Waals surface area contributed by atoms with Crippen molar-refractivity contribution in [3.8, 4) is 0 Å². The van der Waals surface area contributed by atoms with Gasteiger partial charge >= 0.3 is 0 Å². The van der Waals surface area contributed by atoms with E-state index in [1.54, 1.807) is 0 Å². The molecule has 0 bridgehead atoms. The summed E-state index contributed by atoms with van der Waals surface area (Å²) in [5, 5.41) is 2.68. The fourth-order valence-corrected chi connectivity index (χ4v) is 5.41. The van der Waals surface area contributed by atoms with E-state index in [0.717, 1.165) is 30.5 Å². The first kappa shape index (κ1) is 20.3. The first-order valence-electron chi connectivity index (χ1n) is 11.5. The lowest BCUT2D eigenvalue weighted by atomic mass is 10.2. The molecule has 0 unspecified atom stereocenters. The average molecular weight is 495 g/mol. The average Bonchev–Trinajstić information content (AvgIpc) is 3.37. The molecule has 0 spiro atoms. The predicted octanol–water partition coefficient (Wildman–Crippen LogP) is 6.94. The van der Waals surface area contributed by atoms with Gasteiger partial charge in [0.2, 0.25) is 6.33 Å². The minimum Gasteiger partial charge on any atom is -0.340 e. The molecule has 0 aliphatic heterocycles. The third-order valence-corrected chi connectivity index (χ3v) is 7.31. The van der Waals surface area contributed by atoms with Crippen molar-refractivity contribution in [1.82, 2.24) is 9.13 Å². The number of aromatic nitrogens is 3. The maximum Gasteiger partial charge on any atom is 0.245 e. The third kappa shape index (κ3) is 3.65. The summed E-state index contributed by atoms with van der Waals surface area (Å²) >= 11 is 3.71. The van der Waals surface area contributed by atoms with E-state index < -0.39 is 0 Å². The van der Waals surface area contributed by atoms with Gasteiger partial charge in [-0.15, -0.1) is 0 Å². The van der Waals surface area contributed by atoms with Gasteiger partial charge in [-0.2, -0.15) is 0 Å². The van der Waals surface area contributed by atoms with E-state index in [1.807, 2.05) is 0 Å². The van der Waals surface area contributed by atoms with Crippen molar-refractivity contribution in [2.75, 3.05) is 0 Å². The zero-order valence-corrected chi connectivity index (χ0v) is 19.9. The molecular weight excluding hydrogens is 470 g/mol. The van der Waals surface area contributed by atoms with Crippen LogP contribution in [0.5, 0.6) is 0 Å². The second kappa shape index (κ2) is 8.53. The van der Waals surface area contributed by atoms with E-state index in [1.165, 1.54) is 38.4 Å². The van der Waals surface area contributed by atoms with Crippen molar-refractivity contribution in [2.45, 2.75) is 26.1 Å². The maximum atomic E-state index is 3.71. The van der Waals surface area contributed by atoms with Gasteiger partial charge in [0.15, 0.2) is 11.0 Å². The van der Waals surface area contributed by atoms with Crippen LogP contribution in [-0.2, 0) is 19.6 Å². The summed E-state index contributed by atoms with van der Waals surface area (Å²) < 4.78 is 8.39. The SMILES string of the molecule is Brc1ccccc1C[n+]1cn(CCCn2c3ccccc3c3ccccc32)c2ccccc21. The number of halogens is 1. The van der Waals surface area contributed by atoms with Gasteiger partial charge in [0.05, 0.1) is 6.54 Å². The second-order valence-corrected chi connectivity index (χ2v) is 9.41. The molecule has 33 heavy (non-hydrogen) atoms. The van der Waals surface area contributed by atoms with E-state index in [9.17, 15) is 0 Å². The summed E-state index contributed by atoms with van der Waals surface area (Å²) in [5.74, 6) is 0. The largest absolute Gasteiger partial charge is 0.340 e. The summed E-state index contributed by atoms with van der Waals surface area (Å²) in [6.07, 6.45) is 3.34. The van der Waals surface area contributed by atoms with Crippen molar-refractivity contribution in [3.05, 3.63) is 113 Å². The molecule has 6 aromatic rings. The van der Waals surface area contributed by atoms with Crippen LogP contribution in [0.4, 0.5) is 0 Å². The summed E-state index contributed by atoms with van der Waals surface area (Å²) in [6.45, 7) is 2.82. The number of hydrogen-bond acceptors (Lipinski definition) is 0. The Morgan fingerprint density at radius 2 is 1.24 bits per heavy atom. The fourth-order valence-electron chi connectivity index (χ4n) is 5.00. The molecule has 6 rings (SSSR count). The Hall–Kier alpha value is -3.37. The molecule has 0 atom stereocenters. The Morgan fingerprint density at radius 3 is 1.97 bits per heavy atom. The predicted molar refractivity (Wildman–Crippen MR) is 139 cm³/mol. The van der Waals surface area contributed by atoms with Crippen molar-refractivity contribution >= 4 is 48.8 Å². The van der Waals surface area contributed by atoms with Gasteiger partial charge in [-0.25, -0.2) is 9.13 Å². The number of imidazole rings is 1. The van der Waals surface area contributed by atoms with Crippen LogP contribution in [0.1, 0.15) is 12.0 Å². The van der Waals surface area contributed by atoms with E-state index >= 15 is 0 Å².